The summed E-state index contributed by atoms with van der Waals surface area (Å²) in [6.07, 6.45) is 3.97. The number of nitrogens with one attached hydrogen (secondary N) is 1. The van der Waals surface area contributed by atoms with Crippen molar-refractivity contribution in [1.82, 2.24) is 9.03 Å². The molecule has 1 aliphatic rings. The smallest absolute Gasteiger partial charge is 0.197 e. The number of nitrogens with zero attached hydrogens (tertiary/aromatic N) is 2. The second-order valence-corrected chi connectivity index (χ2v) is 6.49. The lowest BCUT2D eigenvalue weighted by Crippen LogP contribution is -2.46. The second-order valence-electron chi connectivity index (χ2n) is 4.79. The molecule has 0 bridgehead atoms. The van der Waals surface area contributed by atoms with E-state index in [0.717, 1.165) is 25.7 Å². The van der Waals surface area contributed by atoms with Gasteiger partial charge in [0.25, 0.3) is 10.2 Å². The third-order valence-electron chi connectivity index (χ3n) is 2.99. The van der Waals surface area contributed by atoms with E-state index in [1.807, 2.05) is 19.9 Å². The molecular formula is C11H21N3O2S. The summed E-state index contributed by atoms with van der Waals surface area (Å²) >= 11 is 0. The minimum absolute atomic E-state index is 0.0262. The van der Waals surface area contributed by atoms with Crippen LogP contribution in [-0.4, -0.2) is 31.9 Å². The van der Waals surface area contributed by atoms with E-state index in [1.165, 1.54) is 4.31 Å². The topological polar surface area (TPSA) is 73.2 Å². The molecule has 1 rings (SSSR count). The summed E-state index contributed by atoms with van der Waals surface area (Å²) in [5.74, 6) is -0.0262. The Kier molecular flexibility index (Phi) is 5.37. The van der Waals surface area contributed by atoms with E-state index >= 15 is 0 Å². The molecule has 1 aliphatic heterocycles. The Morgan fingerprint density at radius 1 is 1.18 bits per heavy atom. The molecule has 1 fully saturated rings. The molecular weight excluding hydrogens is 238 g/mol. The molecule has 0 saturated carbocycles. The maximum absolute atomic E-state index is 12.1. The average Bonchev–Trinajstić information content (AvgIpc) is 2.54. The number of hydrogen-bond acceptors (Lipinski definition) is 3. The molecule has 17 heavy (non-hydrogen) atoms. The van der Waals surface area contributed by atoms with Gasteiger partial charge in [0, 0.05) is 13.1 Å². The lowest BCUT2D eigenvalue weighted by molar-refractivity contribution is 0.403. The predicted molar refractivity (Wildman–Crippen MR) is 66.3 cm³/mol. The minimum atomic E-state index is -3.50. The molecule has 0 radical (unpaired) electrons. The van der Waals surface area contributed by atoms with Crippen molar-refractivity contribution in [3.63, 3.8) is 0 Å². The van der Waals surface area contributed by atoms with Crippen LogP contribution in [0.5, 0.6) is 0 Å². The van der Waals surface area contributed by atoms with Crippen molar-refractivity contribution >= 4 is 10.2 Å². The van der Waals surface area contributed by atoms with E-state index in [0.29, 0.717) is 13.1 Å². The van der Waals surface area contributed by atoms with Crippen molar-refractivity contribution in [2.45, 2.75) is 45.6 Å². The van der Waals surface area contributed by atoms with Gasteiger partial charge >= 0.3 is 0 Å². The maximum Gasteiger partial charge on any atom is 0.280 e. The molecule has 0 spiro atoms. The first-order chi connectivity index (χ1) is 7.97. The summed E-state index contributed by atoms with van der Waals surface area (Å²) in [5.41, 5.74) is 0. The molecule has 0 aromatic carbocycles. The van der Waals surface area contributed by atoms with E-state index in [-0.39, 0.29) is 5.92 Å². The van der Waals surface area contributed by atoms with Gasteiger partial charge in [0.2, 0.25) is 0 Å². The van der Waals surface area contributed by atoms with Gasteiger partial charge in [0.1, 0.15) is 6.04 Å². The molecule has 0 amide bonds. The van der Waals surface area contributed by atoms with Gasteiger partial charge in [-0.1, -0.05) is 26.7 Å². The largest absolute Gasteiger partial charge is 0.280 e. The van der Waals surface area contributed by atoms with E-state index < -0.39 is 16.3 Å². The first-order valence-electron chi connectivity index (χ1n) is 6.14. The Morgan fingerprint density at radius 2 is 1.71 bits per heavy atom. The Bertz CT molecular complexity index is 365. The van der Waals surface area contributed by atoms with Crippen LogP contribution in [-0.2, 0) is 10.2 Å². The molecule has 0 aromatic rings. The highest BCUT2D eigenvalue weighted by Crippen LogP contribution is 2.13. The van der Waals surface area contributed by atoms with Crippen molar-refractivity contribution < 1.29 is 8.42 Å². The molecule has 1 atom stereocenters. The predicted octanol–water partition coefficient (Wildman–Crippen LogP) is 1.24. The zero-order valence-corrected chi connectivity index (χ0v) is 11.3. The lowest BCUT2D eigenvalue weighted by atomic mass is 10.1. The Balaban J connectivity index is 2.69. The summed E-state index contributed by atoms with van der Waals surface area (Å²) in [5, 5.41) is 8.92. The summed E-state index contributed by atoms with van der Waals surface area (Å²) in [4.78, 5) is 0. The van der Waals surface area contributed by atoms with Crippen molar-refractivity contribution in [3.8, 4) is 6.07 Å². The highest BCUT2D eigenvalue weighted by atomic mass is 32.2. The third-order valence-corrected chi connectivity index (χ3v) is 4.58. The zero-order valence-electron chi connectivity index (χ0n) is 10.5. The fourth-order valence-electron chi connectivity index (χ4n) is 1.83. The van der Waals surface area contributed by atoms with E-state index in [9.17, 15) is 8.42 Å². The molecule has 1 saturated heterocycles. The van der Waals surface area contributed by atoms with E-state index in [4.69, 9.17) is 5.26 Å². The molecule has 98 valence electrons. The maximum atomic E-state index is 12.1. The van der Waals surface area contributed by atoms with Crippen LogP contribution < -0.4 is 4.72 Å². The van der Waals surface area contributed by atoms with Crippen molar-refractivity contribution in [3.05, 3.63) is 0 Å². The second kappa shape index (κ2) is 6.34. The van der Waals surface area contributed by atoms with Gasteiger partial charge < -0.3 is 0 Å². The normalized spacial score (nSPS) is 20.8. The minimum Gasteiger partial charge on any atom is -0.197 e. The van der Waals surface area contributed by atoms with Crippen LogP contribution in [0.2, 0.25) is 0 Å². The van der Waals surface area contributed by atoms with Crippen LogP contribution in [0.1, 0.15) is 39.5 Å². The highest BCUT2D eigenvalue weighted by molar-refractivity contribution is 7.87. The Morgan fingerprint density at radius 3 is 2.12 bits per heavy atom. The van der Waals surface area contributed by atoms with Crippen molar-refractivity contribution in [2.75, 3.05) is 13.1 Å². The molecule has 0 aromatic heterocycles. The van der Waals surface area contributed by atoms with Crippen LogP contribution in [0.25, 0.3) is 0 Å². The van der Waals surface area contributed by atoms with Crippen LogP contribution in [0.15, 0.2) is 0 Å². The lowest BCUT2D eigenvalue weighted by Gasteiger charge is -2.23. The fourth-order valence-corrected chi connectivity index (χ4v) is 3.36. The van der Waals surface area contributed by atoms with E-state index in [1.54, 1.807) is 0 Å². The number of hydrogen-bond donors (Lipinski definition) is 1. The Labute approximate surface area is 104 Å². The first-order valence-corrected chi connectivity index (χ1v) is 7.58. The standard InChI is InChI=1S/C11H21N3O2S/c1-10(2)11(9-12)13-17(15,16)14-7-5-3-4-6-8-14/h10-11,13H,3-8H2,1-2H3. The summed E-state index contributed by atoms with van der Waals surface area (Å²) in [7, 11) is -3.50. The van der Waals surface area contributed by atoms with Crippen molar-refractivity contribution in [1.29, 1.82) is 5.26 Å². The molecule has 6 heteroatoms. The average molecular weight is 259 g/mol. The van der Waals surface area contributed by atoms with Gasteiger partial charge in [-0.15, -0.1) is 0 Å². The SMILES string of the molecule is CC(C)C(C#N)NS(=O)(=O)N1CCCCCC1. The Hall–Kier alpha value is -0.640. The first kappa shape index (κ1) is 14.4. The molecule has 1 N–H and O–H groups in total. The fraction of sp³-hybridized carbons (Fsp3) is 0.909. The van der Waals surface area contributed by atoms with Gasteiger partial charge in [-0.05, 0) is 18.8 Å². The van der Waals surface area contributed by atoms with Gasteiger partial charge in [0.15, 0.2) is 0 Å². The summed E-state index contributed by atoms with van der Waals surface area (Å²) < 4.78 is 28.1. The highest BCUT2D eigenvalue weighted by Gasteiger charge is 2.27. The molecule has 1 unspecified atom stereocenters. The molecule has 1 heterocycles. The van der Waals surface area contributed by atoms with Gasteiger partial charge in [0.05, 0.1) is 6.07 Å². The number of rotatable bonds is 4. The summed E-state index contributed by atoms with van der Waals surface area (Å²) in [6.45, 7) is 4.79. The monoisotopic (exact) mass is 259 g/mol. The quantitative estimate of drug-likeness (QED) is 0.825. The van der Waals surface area contributed by atoms with Crippen LogP contribution in [0.3, 0.4) is 0 Å². The van der Waals surface area contributed by atoms with Crippen LogP contribution in [0, 0.1) is 17.2 Å². The third kappa shape index (κ3) is 4.26. The van der Waals surface area contributed by atoms with Crippen LogP contribution >= 0.6 is 0 Å². The zero-order chi connectivity index (χ0) is 12.9. The van der Waals surface area contributed by atoms with Gasteiger partial charge in [-0.3, -0.25) is 0 Å². The van der Waals surface area contributed by atoms with E-state index in [2.05, 4.69) is 4.72 Å². The molecule has 5 nitrogen and oxygen atoms in total. The van der Waals surface area contributed by atoms with Crippen LogP contribution in [0.4, 0.5) is 0 Å². The summed E-state index contributed by atoms with van der Waals surface area (Å²) in [6, 6.07) is 1.35. The van der Waals surface area contributed by atoms with Crippen molar-refractivity contribution in [2.24, 2.45) is 5.92 Å². The molecule has 0 aliphatic carbocycles. The number of nitriles is 1. The van der Waals surface area contributed by atoms with Gasteiger partial charge in [-0.2, -0.15) is 22.7 Å². The van der Waals surface area contributed by atoms with Gasteiger partial charge in [-0.25, -0.2) is 0 Å².